The molecule has 4 nitrogen and oxygen atoms in total. The van der Waals surface area contributed by atoms with Crippen LogP contribution in [0.5, 0.6) is 0 Å². The quantitative estimate of drug-likeness (QED) is 0.304. The highest BCUT2D eigenvalue weighted by Gasteiger charge is 2.37. The molecule has 2 aromatic rings. The zero-order valence-electron chi connectivity index (χ0n) is 25.8. The molecule has 2 aromatic carbocycles. The van der Waals surface area contributed by atoms with Gasteiger partial charge in [0.05, 0.1) is 11.1 Å². The standard InChI is InChI=1S/C17H23F3.C9H8F4.C2H6.4CH2O.CH4.H2/c1-12-9-15(10-12)16(2,3)8-7-13-5-4-6-14(11-13)17(18,19)20;1-2-6-3-4-8(10)7(5-6)9(11,12)13;5*1-2;;/h4-6,11-12,15H,7-10H2,1-3H3;3-5H,2H2,1H3;1-2H3;4*1H2;1H4;1H. The summed E-state index contributed by atoms with van der Waals surface area (Å²) in [5, 5.41) is 0. The molecule has 0 atom stereocenters. The van der Waals surface area contributed by atoms with Crippen LogP contribution in [0.3, 0.4) is 0 Å². The van der Waals surface area contributed by atoms with E-state index >= 15 is 0 Å². The van der Waals surface area contributed by atoms with Crippen LogP contribution in [0.15, 0.2) is 42.5 Å². The molecule has 0 amide bonds. The average Bonchev–Trinajstić information content (AvgIpc) is 2.99. The molecule has 1 saturated carbocycles. The Balaban J connectivity index is -0.000000133. The van der Waals surface area contributed by atoms with E-state index in [1.807, 2.05) is 41.0 Å². The molecule has 0 spiro atoms. The number of carbonyl (C=O) groups excluding carboxylic acids is 4. The highest BCUT2D eigenvalue weighted by atomic mass is 19.4. The van der Waals surface area contributed by atoms with Crippen molar-refractivity contribution >= 4 is 27.2 Å². The van der Waals surface area contributed by atoms with E-state index in [0.717, 1.165) is 48.4 Å². The van der Waals surface area contributed by atoms with Gasteiger partial charge in [0.1, 0.15) is 33.0 Å². The second-order valence-electron chi connectivity index (χ2n) is 9.63. The molecule has 0 heterocycles. The normalized spacial score (nSPS) is 14.7. The van der Waals surface area contributed by atoms with Crippen LogP contribution in [0.4, 0.5) is 30.7 Å². The lowest BCUT2D eigenvalue weighted by atomic mass is 9.61. The van der Waals surface area contributed by atoms with Gasteiger partial charge in [0.2, 0.25) is 0 Å². The lowest BCUT2D eigenvalue weighted by Gasteiger charge is -2.44. The molecule has 3 rings (SSSR count). The monoisotopic (exact) mass is 644 g/mol. The van der Waals surface area contributed by atoms with E-state index in [-0.39, 0.29) is 14.3 Å². The van der Waals surface area contributed by atoms with E-state index in [0.29, 0.717) is 12.0 Å². The molecule has 256 valence electrons. The van der Waals surface area contributed by atoms with Crippen molar-refractivity contribution in [3.8, 4) is 0 Å². The number of hydrogen-bond acceptors (Lipinski definition) is 4. The van der Waals surface area contributed by atoms with Gasteiger partial charge in [-0.3, -0.25) is 0 Å². The Kier molecular flexibility index (Phi) is 29.8. The third-order valence-electron chi connectivity index (χ3n) is 6.54. The second kappa shape index (κ2) is 26.1. The summed E-state index contributed by atoms with van der Waals surface area (Å²) in [5.41, 5.74) is -0.230. The third kappa shape index (κ3) is 19.0. The van der Waals surface area contributed by atoms with Gasteiger partial charge >= 0.3 is 12.4 Å². The van der Waals surface area contributed by atoms with Gasteiger partial charge < -0.3 is 19.2 Å². The molecule has 0 bridgehead atoms. The number of hydrogen-bond donors (Lipinski definition) is 0. The third-order valence-corrected chi connectivity index (χ3v) is 6.54. The SMILES string of the molecule is C.C=O.C=O.C=O.C=O.CC.CC1CC(C(C)(C)CCc2cccc(C(F)(F)F)c2)C1.CCc1ccc(F)c(C(F)(F)F)c1.[HH]. The maximum Gasteiger partial charge on any atom is 0.419 e. The van der Waals surface area contributed by atoms with Crippen LogP contribution in [-0.4, -0.2) is 27.2 Å². The number of carbonyl (C=O) groups is 4. The Morgan fingerprint density at radius 2 is 1.25 bits per heavy atom. The highest BCUT2D eigenvalue weighted by molar-refractivity contribution is 5.27. The molecule has 0 unspecified atom stereocenters. The minimum Gasteiger partial charge on any atom is -0.307 e. The van der Waals surface area contributed by atoms with E-state index in [9.17, 15) is 30.7 Å². The van der Waals surface area contributed by atoms with Gasteiger partial charge in [0, 0.05) is 1.43 Å². The molecule has 1 aliphatic carbocycles. The van der Waals surface area contributed by atoms with Crippen molar-refractivity contribution in [3.05, 3.63) is 70.5 Å². The summed E-state index contributed by atoms with van der Waals surface area (Å²) >= 11 is 0. The van der Waals surface area contributed by atoms with Crippen LogP contribution in [0.2, 0.25) is 0 Å². The molecule has 0 aliphatic heterocycles. The van der Waals surface area contributed by atoms with Crippen molar-refractivity contribution < 1.29 is 51.3 Å². The van der Waals surface area contributed by atoms with Gasteiger partial charge in [-0.05, 0) is 78.7 Å². The second-order valence-corrected chi connectivity index (χ2v) is 9.63. The van der Waals surface area contributed by atoms with E-state index in [4.69, 9.17) is 19.2 Å². The predicted molar refractivity (Wildman–Crippen MR) is 165 cm³/mol. The Hall–Kier alpha value is -3.37. The molecule has 44 heavy (non-hydrogen) atoms. The molecule has 1 aliphatic rings. The van der Waals surface area contributed by atoms with Crippen LogP contribution < -0.4 is 0 Å². The van der Waals surface area contributed by atoms with Crippen molar-refractivity contribution in [2.75, 3.05) is 0 Å². The Bertz CT molecular complexity index is 986. The fraction of sp³-hybridized carbons (Fsp3) is 0.515. The maximum absolute atomic E-state index is 12.7. The van der Waals surface area contributed by atoms with Crippen molar-refractivity contribution in [2.24, 2.45) is 17.3 Å². The molecule has 11 heteroatoms. The summed E-state index contributed by atoms with van der Waals surface area (Å²) in [4.78, 5) is 32.0. The van der Waals surface area contributed by atoms with Crippen LogP contribution in [0, 0.1) is 23.1 Å². The largest absolute Gasteiger partial charge is 0.419 e. The van der Waals surface area contributed by atoms with Crippen LogP contribution in [-0.2, 0) is 44.4 Å². The first kappa shape index (κ1) is 50.3. The first-order valence-electron chi connectivity index (χ1n) is 13.3. The Morgan fingerprint density at radius 1 is 0.773 bits per heavy atom. The number of benzene rings is 2. The number of aryl methyl sites for hydroxylation is 2. The van der Waals surface area contributed by atoms with Gasteiger partial charge in [-0.1, -0.05) is 73.2 Å². The predicted octanol–water partition coefficient (Wildman–Crippen LogP) is 10.3. The minimum absolute atomic E-state index is 0. The number of halogens is 7. The molecule has 0 N–H and O–H groups in total. The van der Waals surface area contributed by atoms with E-state index < -0.39 is 29.3 Å². The zero-order chi connectivity index (χ0) is 35.0. The average molecular weight is 645 g/mol. The summed E-state index contributed by atoms with van der Waals surface area (Å²) in [6, 6.07) is 8.79. The van der Waals surface area contributed by atoms with E-state index in [1.165, 1.54) is 31.0 Å². The van der Waals surface area contributed by atoms with Crippen molar-refractivity contribution in [3.63, 3.8) is 0 Å². The van der Waals surface area contributed by atoms with Gasteiger partial charge in [-0.25, -0.2) is 4.39 Å². The van der Waals surface area contributed by atoms with Crippen LogP contribution in [0.25, 0.3) is 0 Å². The van der Waals surface area contributed by atoms with Gasteiger partial charge in [-0.2, -0.15) is 26.3 Å². The molecule has 0 saturated heterocycles. The Labute approximate surface area is 259 Å². The zero-order valence-corrected chi connectivity index (χ0v) is 25.8. The maximum atomic E-state index is 12.7. The lowest BCUT2D eigenvalue weighted by Crippen LogP contribution is -2.34. The molecule has 1 fully saturated rings. The number of alkyl halides is 6. The summed E-state index contributed by atoms with van der Waals surface area (Å²) < 4.78 is 87.1. The van der Waals surface area contributed by atoms with Crippen molar-refractivity contribution in [1.82, 2.24) is 0 Å². The molecule has 0 aromatic heterocycles. The van der Waals surface area contributed by atoms with Crippen LogP contribution >= 0.6 is 0 Å². The fourth-order valence-corrected chi connectivity index (χ4v) is 4.12. The van der Waals surface area contributed by atoms with Crippen LogP contribution in [0.1, 0.15) is 91.9 Å². The number of rotatable bonds is 5. The highest BCUT2D eigenvalue weighted by Crippen LogP contribution is 2.47. The topological polar surface area (TPSA) is 68.3 Å². The summed E-state index contributed by atoms with van der Waals surface area (Å²) in [5.74, 6) is 0.320. The summed E-state index contributed by atoms with van der Waals surface area (Å²) in [6.45, 7) is 20.5. The summed E-state index contributed by atoms with van der Waals surface area (Å²) in [7, 11) is 0. The van der Waals surface area contributed by atoms with E-state index in [1.54, 1.807) is 13.0 Å². The smallest absolute Gasteiger partial charge is 0.307 e. The lowest BCUT2D eigenvalue weighted by molar-refractivity contribution is -0.140. The van der Waals surface area contributed by atoms with Gasteiger partial charge in [0.25, 0.3) is 0 Å². The summed E-state index contributed by atoms with van der Waals surface area (Å²) in [6.07, 6.45) is -4.19. The first-order chi connectivity index (χ1) is 20.1. The first-order valence-corrected chi connectivity index (χ1v) is 13.3. The molecule has 0 radical (unpaired) electrons. The molecular weight excluding hydrogens is 593 g/mol. The van der Waals surface area contributed by atoms with Crippen molar-refractivity contribution in [1.29, 1.82) is 0 Å². The Morgan fingerprint density at radius 3 is 1.64 bits per heavy atom. The van der Waals surface area contributed by atoms with E-state index in [2.05, 4.69) is 20.8 Å². The fourth-order valence-electron chi connectivity index (χ4n) is 4.12. The van der Waals surface area contributed by atoms with Gasteiger partial charge in [-0.15, -0.1) is 0 Å². The van der Waals surface area contributed by atoms with Gasteiger partial charge in [0.15, 0.2) is 0 Å². The minimum atomic E-state index is -4.60. The molecular formula is C33H51F7O4. The van der Waals surface area contributed by atoms with Crippen molar-refractivity contribution in [2.45, 2.75) is 93.4 Å².